The van der Waals surface area contributed by atoms with Gasteiger partial charge >= 0.3 is 0 Å². The van der Waals surface area contributed by atoms with Crippen LogP contribution >= 0.6 is 0 Å². The highest BCUT2D eigenvalue weighted by Crippen LogP contribution is 2.21. The van der Waals surface area contributed by atoms with Gasteiger partial charge in [-0.05, 0) is 25.0 Å². The summed E-state index contributed by atoms with van der Waals surface area (Å²) in [6, 6.07) is 0. The van der Waals surface area contributed by atoms with Gasteiger partial charge in [-0.25, -0.2) is 0 Å². The van der Waals surface area contributed by atoms with Crippen molar-refractivity contribution in [2.75, 3.05) is 0 Å². The fraction of sp³-hybridized carbons (Fsp3) is 0.385. The Kier molecular flexibility index (Phi) is 4.22. The van der Waals surface area contributed by atoms with Crippen LogP contribution in [0.25, 0.3) is 0 Å². The van der Waals surface area contributed by atoms with Crippen molar-refractivity contribution in [2.24, 2.45) is 5.92 Å². The summed E-state index contributed by atoms with van der Waals surface area (Å²) in [5, 5.41) is 7.77. The van der Waals surface area contributed by atoms with Gasteiger partial charge in [0, 0.05) is 5.92 Å². The van der Waals surface area contributed by atoms with E-state index in [1.165, 1.54) is 0 Å². The molecule has 15 heavy (non-hydrogen) atoms. The van der Waals surface area contributed by atoms with E-state index in [4.69, 9.17) is 5.41 Å². The molecule has 1 aliphatic rings. The van der Waals surface area contributed by atoms with Gasteiger partial charge < -0.3 is 10.2 Å². The van der Waals surface area contributed by atoms with Crippen LogP contribution in [-0.2, 0) is 4.79 Å². The molecule has 0 aromatic rings. The summed E-state index contributed by atoms with van der Waals surface area (Å²) in [7, 11) is 0. The van der Waals surface area contributed by atoms with Crippen molar-refractivity contribution in [3.8, 4) is 0 Å². The topological polar surface area (TPSA) is 40.9 Å². The van der Waals surface area contributed by atoms with Crippen molar-refractivity contribution in [3.63, 3.8) is 0 Å². The minimum absolute atomic E-state index is 0.0403. The molecule has 0 aliphatic heterocycles. The second kappa shape index (κ2) is 5.44. The van der Waals surface area contributed by atoms with E-state index in [0.29, 0.717) is 5.71 Å². The standard InChI is InChI=1S/C13H17NO/c1-3-6-11(9-15)10(2)12-7-4-5-8-13(12)14/h4-5,7-9,11,14H,3,6H2,1-2H3/b12-10+,14-13?. The summed E-state index contributed by atoms with van der Waals surface area (Å²) in [6.07, 6.45) is 10.3. The first-order chi connectivity index (χ1) is 7.20. The zero-order valence-electron chi connectivity index (χ0n) is 9.29. The van der Waals surface area contributed by atoms with E-state index < -0.39 is 0 Å². The Labute approximate surface area is 90.9 Å². The summed E-state index contributed by atoms with van der Waals surface area (Å²) in [4.78, 5) is 10.9. The number of rotatable bonds is 4. The van der Waals surface area contributed by atoms with Gasteiger partial charge in [-0.3, -0.25) is 0 Å². The van der Waals surface area contributed by atoms with E-state index >= 15 is 0 Å². The van der Waals surface area contributed by atoms with Crippen molar-refractivity contribution >= 4 is 12.0 Å². The Morgan fingerprint density at radius 1 is 1.47 bits per heavy atom. The molecule has 0 bridgehead atoms. The molecule has 0 saturated heterocycles. The first kappa shape index (κ1) is 11.6. The maximum Gasteiger partial charge on any atom is 0.127 e. The molecule has 0 fully saturated rings. The molecule has 0 aromatic carbocycles. The fourth-order valence-electron chi connectivity index (χ4n) is 1.72. The molecule has 1 aliphatic carbocycles. The number of aldehydes is 1. The molecule has 0 heterocycles. The third-order valence-corrected chi connectivity index (χ3v) is 2.67. The van der Waals surface area contributed by atoms with Crippen molar-refractivity contribution in [3.05, 3.63) is 35.5 Å². The normalized spacial score (nSPS) is 20.3. The minimum atomic E-state index is -0.0403. The molecular weight excluding hydrogens is 186 g/mol. The van der Waals surface area contributed by atoms with Crippen LogP contribution in [0.15, 0.2) is 35.5 Å². The molecule has 1 atom stereocenters. The SMILES string of the molecule is CCCC(C=O)/C(C)=C1\C=CC=CC1=N. The van der Waals surface area contributed by atoms with Crippen LogP contribution in [0.4, 0.5) is 0 Å². The summed E-state index contributed by atoms with van der Waals surface area (Å²) >= 11 is 0. The predicted molar refractivity (Wildman–Crippen MR) is 63.2 cm³/mol. The van der Waals surface area contributed by atoms with E-state index in [0.717, 1.165) is 30.3 Å². The number of nitrogens with one attached hydrogen (secondary N) is 1. The number of carbonyl (C=O) groups excluding carboxylic acids is 1. The quantitative estimate of drug-likeness (QED) is 0.701. The van der Waals surface area contributed by atoms with E-state index in [1.54, 1.807) is 6.08 Å². The molecule has 1 rings (SSSR count). The molecule has 0 radical (unpaired) electrons. The zero-order chi connectivity index (χ0) is 11.3. The second-order valence-electron chi connectivity index (χ2n) is 3.76. The number of hydrogen-bond donors (Lipinski definition) is 1. The molecule has 1 N–H and O–H groups in total. The Morgan fingerprint density at radius 3 is 2.67 bits per heavy atom. The van der Waals surface area contributed by atoms with Gasteiger partial charge in [0.05, 0.1) is 5.71 Å². The van der Waals surface area contributed by atoms with Crippen molar-refractivity contribution in [2.45, 2.75) is 26.7 Å². The third kappa shape index (κ3) is 2.75. The summed E-state index contributed by atoms with van der Waals surface area (Å²) < 4.78 is 0. The van der Waals surface area contributed by atoms with Crippen molar-refractivity contribution in [1.82, 2.24) is 0 Å². The maximum atomic E-state index is 10.9. The smallest absolute Gasteiger partial charge is 0.127 e. The lowest BCUT2D eigenvalue weighted by molar-refractivity contribution is -0.110. The van der Waals surface area contributed by atoms with Gasteiger partial charge in [-0.15, -0.1) is 0 Å². The zero-order valence-corrected chi connectivity index (χ0v) is 9.29. The van der Waals surface area contributed by atoms with Gasteiger partial charge in [0.2, 0.25) is 0 Å². The number of allylic oxidation sites excluding steroid dienone is 6. The lowest BCUT2D eigenvalue weighted by Gasteiger charge is -2.15. The first-order valence-electron chi connectivity index (χ1n) is 5.30. The molecule has 0 saturated carbocycles. The van der Waals surface area contributed by atoms with Gasteiger partial charge in [0.15, 0.2) is 0 Å². The Bertz CT molecular complexity index is 348. The van der Waals surface area contributed by atoms with Crippen molar-refractivity contribution < 1.29 is 4.79 Å². The lowest BCUT2D eigenvalue weighted by atomic mass is 9.89. The lowest BCUT2D eigenvalue weighted by Crippen LogP contribution is -2.10. The average molecular weight is 203 g/mol. The largest absolute Gasteiger partial charge is 0.303 e. The maximum absolute atomic E-state index is 10.9. The van der Waals surface area contributed by atoms with Crippen LogP contribution in [0, 0.1) is 11.3 Å². The van der Waals surface area contributed by atoms with Crippen LogP contribution in [0.3, 0.4) is 0 Å². The van der Waals surface area contributed by atoms with E-state index in [2.05, 4.69) is 6.92 Å². The van der Waals surface area contributed by atoms with Gasteiger partial charge in [0.1, 0.15) is 6.29 Å². The van der Waals surface area contributed by atoms with E-state index in [-0.39, 0.29) is 5.92 Å². The summed E-state index contributed by atoms with van der Waals surface area (Å²) in [5.74, 6) is -0.0403. The Balaban J connectivity index is 2.97. The minimum Gasteiger partial charge on any atom is -0.303 e. The summed E-state index contributed by atoms with van der Waals surface area (Å²) in [6.45, 7) is 4.01. The molecule has 1 unspecified atom stereocenters. The average Bonchev–Trinajstić information content (AvgIpc) is 2.25. The highest BCUT2D eigenvalue weighted by Gasteiger charge is 2.14. The molecule has 2 nitrogen and oxygen atoms in total. The predicted octanol–water partition coefficient (Wildman–Crippen LogP) is 3.06. The highest BCUT2D eigenvalue weighted by molar-refractivity contribution is 6.10. The number of hydrogen-bond acceptors (Lipinski definition) is 2. The van der Waals surface area contributed by atoms with Crippen LogP contribution < -0.4 is 0 Å². The summed E-state index contributed by atoms with van der Waals surface area (Å²) in [5.41, 5.74) is 2.40. The van der Waals surface area contributed by atoms with Crippen molar-refractivity contribution in [1.29, 1.82) is 5.41 Å². The van der Waals surface area contributed by atoms with Gasteiger partial charge in [-0.1, -0.05) is 37.1 Å². The van der Waals surface area contributed by atoms with Gasteiger partial charge in [-0.2, -0.15) is 0 Å². The van der Waals surface area contributed by atoms with Crippen LogP contribution in [0.1, 0.15) is 26.7 Å². The van der Waals surface area contributed by atoms with Crippen LogP contribution in [0.5, 0.6) is 0 Å². The molecule has 2 heteroatoms. The molecule has 80 valence electrons. The van der Waals surface area contributed by atoms with Gasteiger partial charge in [0.25, 0.3) is 0 Å². The molecular formula is C13H17NO. The Hall–Kier alpha value is -1.44. The van der Waals surface area contributed by atoms with E-state index in [1.807, 2.05) is 25.2 Å². The fourth-order valence-corrected chi connectivity index (χ4v) is 1.72. The van der Waals surface area contributed by atoms with Crippen LogP contribution in [0.2, 0.25) is 0 Å². The number of carbonyl (C=O) groups is 1. The third-order valence-electron chi connectivity index (χ3n) is 2.67. The second-order valence-corrected chi connectivity index (χ2v) is 3.76. The van der Waals surface area contributed by atoms with E-state index in [9.17, 15) is 4.79 Å². The molecule has 0 spiro atoms. The molecule has 0 amide bonds. The van der Waals surface area contributed by atoms with Crippen LogP contribution in [-0.4, -0.2) is 12.0 Å². The highest BCUT2D eigenvalue weighted by atomic mass is 16.1. The molecule has 0 aromatic heterocycles. The first-order valence-corrected chi connectivity index (χ1v) is 5.30. The Morgan fingerprint density at radius 2 is 2.13 bits per heavy atom. The monoisotopic (exact) mass is 203 g/mol.